The number of ether oxygens (including phenoxy) is 1. The Morgan fingerprint density at radius 2 is 2.11 bits per heavy atom. The monoisotopic (exact) mass is 262 g/mol. The smallest absolute Gasteiger partial charge is 0.334 e. The third-order valence-corrected chi connectivity index (χ3v) is 3.79. The van der Waals surface area contributed by atoms with E-state index in [0.29, 0.717) is 16.7 Å². The zero-order valence-corrected chi connectivity index (χ0v) is 10.3. The molecule has 0 saturated heterocycles. The van der Waals surface area contributed by atoms with Gasteiger partial charge in [0.2, 0.25) is 0 Å². The minimum atomic E-state index is -1.23. The van der Waals surface area contributed by atoms with E-state index in [1.54, 1.807) is 25.1 Å². The van der Waals surface area contributed by atoms with Crippen LogP contribution in [0.25, 0.3) is 0 Å². The van der Waals surface area contributed by atoms with Crippen LogP contribution >= 0.6 is 0 Å². The van der Waals surface area contributed by atoms with Gasteiger partial charge in [-0.05, 0) is 24.6 Å². The van der Waals surface area contributed by atoms with Gasteiger partial charge in [0.15, 0.2) is 5.60 Å². The van der Waals surface area contributed by atoms with E-state index in [-0.39, 0.29) is 12.2 Å². The van der Waals surface area contributed by atoms with Gasteiger partial charge < -0.3 is 20.1 Å². The fourth-order valence-corrected chi connectivity index (χ4v) is 2.89. The highest BCUT2D eigenvalue weighted by molar-refractivity contribution is 5.91. The molecule has 0 aromatic heterocycles. The van der Waals surface area contributed by atoms with E-state index >= 15 is 0 Å². The third kappa shape index (κ3) is 1.59. The second-order valence-corrected chi connectivity index (χ2v) is 5.07. The van der Waals surface area contributed by atoms with Gasteiger partial charge in [-0.15, -0.1) is 0 Å². The Hall–Kier alpha value is -1.85. The van der Waals surface area contributed by atoms with Crippen LogP contribution in [0.1, 0.15) is 36.7 Å². The van der Waals surface area contributed by atoms with Crippen LogP contribution in [-0.2, 0) is 9.53 Å². The molecule has 0 saturated carbocycles. The molecule has 1 aliphatic carbocycles. The number of carbonyl (C=O) groups is 1. The molecular weight excluding hydrogens is 248 g/mol. The Labute approximate surface area is 109 Å². The van der Waals surface area contributed by atoms with Crippen LogP contribution in [0.15, 0.2) is 29.8 Å². The molecule has 0 amide bonds. The average Bonchev–Trinajstić information content (AvgIpc) is 2.62. The van der Waals surface area contributed by atoms with Gasteiger partial charge in [0, 0.05) is 17.6 Å². The van der Waals surface area contributed by atoms with E-state index in [1.807, 2.05) is 0 Å². The lowest BCUT2D eigenvalue weighted by molar-refractivity contribution is -0.162. The van der Waals surface area contributed by atoms with Gasteiger partial charge in [-0.2, -0.15) is 0 Å². The molecule has 1 heterocycles. The lowest BCUT2D eigenvalue weighted by Gasteiger charge is -2.39. The van der Waals surface area contributed by atoms with Crippen LogP contribution in [0.3, 0.4) is 0 Å². The van der Waals surface area contributed by atoms with Crippen molar-refractivity contribution in [3.05, 3.63) is 41.0 Å². The van der Waals surface area contributed by atoms with E-state index in [4.69, 9.17) is 4.74 Å². The Balaban J connectivity index is 2.14. The van der Waals surface area contributed by atoms with Crippen LogP contribution in [0.5, 0.6) is 5.75 Å². The van der Waals surface area contributed by atoms with Gasteiger partial charge in [0.25, 0.3) is 0 Å². The fraction of sp³-hybridized carbons (Fsp3) is 0.357. The van der Waals surface area contributed by atoms with E-state index in [9.17, 15) is 20.1 Å². The molecule has 3 N–H and O–H groups in total. The first-order chi connectivity index (χ1) is 8.94. The minimum Gasteiger partial charge on any atom is -0.508 e. The number of esters is 1. The summed E-state index contributed by atoms with van der Waals surface area (Å²) in [6.45, 7) is 1.61. The van der Waals surface area contributed by atoms with Crippen molar-refractivity contribution < 1.29 is 24.9 Å². The molecule has 19 heavy (non-hydrogen) atoms. The van der Waals surface area contributed by atoms with E-state index < -0.39 is 23.8 Å². The molecule has 1 aliphatic heterocycles. The normalized spacial score (nSPS) is 33.0. The third-order valence-electron chi connectivity index (χ3n) is 3.79. The van der Waals surface area contributed by atoms with Crippen molar-refractivity contribution in [3.63, 3.8) is 0 Å². The number of phenolic OH excluding ortho intramolecular Hbond substituents is 1. The highest BCUT2D eigenvalue weighted by atomic mass is 16.6. The highest BCUT2D eigenvalue weighted by Gasteiger charge is 2.51. The number of fused-ring (bicyclic) bond motifs is 1. The Morgan fingerprint density at radius 3 is 2.74 bits per heavy atom. The lowest BCUT2D eigenvalue weighted by atomic mass is 9.76. The topological polar surface area (TPSA) is 87.0 Å². The molecular formula is C14H14O5. The Morgan fingerprint density at radius 1 is 1.37 bits per heavy atom. The second-order valence-electron chi connectivity index (χ2n) is 5.07. The molecule has 3 rings (SSSR count). The zero-order chi connectivity index (χ0) is 13.8. The van der Waals surface area contributed by atoms with Gasteiger partial charge in [0.05, 0.1) is 6.10 Å². The number of rotatable bonds is 0. The van der Waals surface area contributed by atoms with Gasteiger partial charge in [-0.3, -0.25) is 0 Å². The molecule has 5 heteroatoms. The van der Waals surface area contributed by atoms with Crippen molar-refractivity contribution in [1.82, 2.24) is 0 Å². The van der Waals surface area contributed by atoms with E-state index in [0.717, 1.165) is 0 Å². The van der Waals surface area contributed by atoms with Crippen molar-refractivity contribution in [1.29, 1.82) is 0 Å². The average molecular weight is 262 g/mol. The molecule has 0 unspecified atom stereocenters. The van der Waals surface area contributed by atoms with Gasteiger partial charge in [-0.25, -0.2) is 4.79 Å². The Kier molecular flexibility index (Phi) is 2.45. The van der Waals surface area contributed by atoms with Crippen molar-refractivity contribution in [3.8, 4) is 5.75 Å². The summed E-state index contributed by atoms with van der Waals surface area (Å²) >= 11 is 0. The van der Waals surface area contributed by atoms with Gasteiger partial charge >= 0.3 is 5.97 Å². The van der Waals surface area contributed by atoms with Crippen LogP contribution in [0.4, 0.5) is 0 Å². The summed E-state index contributed by atoms with van der Waals surface area (Å²) in [7, 11) is 0. The largest absolute Gasteiger partial charge is 0.508 e. The van der Waals surface area contributed by atoms with Crippen LogP contribution in [-0.4, -0.2) is 26.9 Å². The second kappa shape index (κ2) is 3.82. The lowest BCUT2D eigenvalue weighted by Crippen LogP contribution is -2.41. The molecule has 1 aromatic carbocycles. The predicted molar refractivity (Wildman–Crippen MR) is 65.2 cm³/mol. The molecule has 1 spiro atoms. The summed E-state index contributed by atoms with van der Waals surface area (Å²) < 4.78 is 5.26. The molecule has 0 radical (unpaired) electrons. The molecule has 0 fully saturated rings. The first kappa shape index (κ1) is 12.2. The number of benzene rings is 1. The number of aliphatic hydroxyl groups excluding tert-OH is 2. The highest BCUT2D eigenvalue weighted by Crippen LogP contribution is 2.50. The summed E-state index contributed by atoms with van der Waals surface area (Å²) in [6, 6.07) is 4.64. The maximum Gasteiger partial charge on any atom is 0.334 e. The SMILES string of the molecule is CC1=C[C@]2(C[C@@H](O)c3c(O)cccc3[C@H]2O)OC1=O. The summed E-state index contributed by atoms with van der Waals surface area (Å²) in [5.41, 5.74) is -0.136. The van der Waals surface area contributed by atoms with Crippen molar-refractivity contribution in [2.75, 3.05) is 0 Å². The molecule has 100 valence electrons. The number of aromatic hydroxyl groups is 1. The maximum atomic E-state index is 11.5. The molecule has 1 aromatic rings. The molecule has 5 nitrogen and oxygen atoms in total. The van der Waals surface area contributed by atoms with E-state index in [1.165, 1.54) is 6.07 Å². The maximum absolute atomic E-state index is 11.5. The van der Waals surface area contributed by atoms with E-state index in [2.05, 4.69) is 0 Å². The van der Waals surface area contributed by atoms with Gasteiger partial charge in [-0.1, -0.05) is 12.1 Å². The quantitative estimate of drug-likeness (QED) is 0.609. The van der Waals surface area contributed by atoms with Crippen LogP contribution in [0.2, 0.25) is 0 Å². The molecule has 2 aliphatic rings. The first-order valence-electron chi connectivity index (χ1n) is 6.05. The minimum absolute atomic E-state index is 0.0296. The zero-order valence-electron chi connectivity index (χ0n) is 10.3. The van der Waals surface area contributed by atoms with Crippen LogP contribution < -0.4 is 0 Å². The fourth-order valence-electron chi connectivity index (χ4n) is 2.89. The summed E-state index contributed by atoms with van der Waals surface area (Å²) in [5.74, 6) is -0.557. The van der Waals surface area contributed by atoms with Crippen molar-refractivity contribution in [2.24, 2.45) is 0 Å². The number of carbonyl (C=O) groups excluding carboxylic acids is 1. The predicted octanol–water partition coefficient (Wildman–Crippen LogP) is 1.10. The van der Waals surface area contributed by atoms with Crippen molar-refractivity contribution >= 4 is 5.97 Å². The van der Waals surface area contributed by atoms with Crippen molar-refractivity contribution in [2.45, 2.75) is 31.2 Å². The number of phenols is 1. The number of hydrogen-bond donors (Lipinski definition) is 3. The summed E-state index contributed by atoms with van der Waals surface area (Å²) in [4.78, 5) is 11.5. The molecule has 3 atom stereocenters. The van der Waals surface area contributed by atoms with Crippen LogP contribution in [0, 0.1) is 0 Å². The number of hydrogen-bond acceptors (Lipinski definition) is 5. The number of aliphatic hydroxyl groups is 2. The summed E-state index contributed by atoms with van der Waals surface area (Å²) in [5, 5.41) is 30.4. The Bertz CT molecular complexity index is 591. The standard InChI is InChI=1S/C14H14O5/c1-7-5-14(19-13(7)18)6-10(16)11-8(12(14)17)3-2-4-9(11)15/h2-5,10,12,15-17H,6H2,1H3/t10-,12-,14-/m1/s1. The molecule has 0 bridgehead atoms. The van der Waals surface area contributed by atoms with Gasteiger partial charge in [0.1, 0.15) is 11.9 Å². The summed E-state index contributed by atoms with van der Waals surface area (Å²) in [6.07, 6.45) is -0.508. The first-order valence-corrected chi connectivity index (χ1v) is 6.05.